The number of aromatic nitrogens is 3. The molecule has 0 aliphatic heterocycles. The second-order valence-electron chi connectivity index (χ2n) is 5.62. The molecule has 0 bridgehead atoms. The van der Waals surface area contributed by atoms with Crippen LogP contribution in [0.1, 0.15) is 29.2 Å². The lowest BCUT2D eigenvalue weighted by Crippen LogP contribution is -2.03. The highest BCUT2D eigenvalue weighted by Crippen LogP contribution is 2.41. The van der Waals surface area contributed by atoms with Crippen molar-refractivity contribution in [3.8, 4) is 11.4 Å². The summed E-state index contributed by atoms with van der Waals surface area (Å²) in [6.45, 7) is 0. The number of imidazole rings is 1. The van der Waals surface area contributed by atoms with Crippen molar-refractivity contribution in [1.82, 2.24) is 14.5 Å². The molecular weight excluding hydrogens is 297 g/mol. The van der Waals surface area contributed by atoms with E-state index in [1.165, 1.54) is 25.4 Å². The third kappa shape index (κ3) is 2.36. The summed E-state index contributed by atoms with van der Waals surface area (Å²) in [4.78, 5) is 20.4. The number of carbonyl (C=O) groups excluding carboxylic acids is 1. The third-order valence-electron chi connectivity index (χ3n) is 3.98. The lowest BCUT2D eigenvalue weighted by atomic mass is 10.2. The zero-order valence-electron chi connectivity index (χ0n) is 12.5. The van der Waals surface area contributed by atoms with Gasteiger partial charge >= 0.3 is 5.97 Å². The number of halogens is 1. The first kappa shape index (κ1) is 13.9. The number of hydrogen-bond donors (Lipinski definition) is 0. The monoisotopic (exact) mass is 311 g/mol. The molecule has 5 nitrogen and oxygen atoms in total. The molecule has 1 fully saturated rings. The maximum Gasteiger partial charge on any atom is 0.339 e. The molecule has 0 N–H and O–H groups in total. The first-order valence-electron chi connectivity index (χ1n) is 7.38. The van der Waals surface area contributed by atoms with Crippen molar-refractivity contribution in [2.24, 2.45) is 0 Å². The second kappa shape index (κ2) is 5.15. The van der Waals surface area contributed by atoms with Gasteiger partial charge in [-0.05, 0) is 37.1 Å². The van der Waals surface area contributed by atoms with E-state index in [-0.39, 0.29) is 5.82 Å². The Bertz CT molecular complexity index is 915. The van der Waals surface area contributed by atoms with Crippen LogP contribution in [0, 0.1) is 5.82 Å². The molecule has 0 atom stereocenters. The van der Waals surface area contributed by atoms with E-state index in [9.17, 15) is 9.18 Å². The van der Waals surface area contributed by atoms with Crippen LogP contribution in [-0.2, 0) is 4.74 Å². The number of carbonyl (C=O) groups is 1. The van der Waals surface area contributed by atoms with Crippen molar-refractivity contribution in [2.75, 3.05) is 7.11 Å². The highest BCUT2D eigenvalue weighted by Gasteiger charge is 2.29. The fourth-order valence-electron chi connectivity index (χ4n) is 2.76. The Kier molecular flexibility index (Phi) is 3.11. The van der Waals surface area contributed by atoms with Crippen LogP contribution < -0.4 is 0 Å². The molecule has 2 aromatic heterocycles. The van der Waals surface area contributed by atoms with Gasteiger partial charge in [0, 0.05) is 24.0 Å². The minimum Gasteiger partial charge on any atom is -0.465 e. The normalized spacial score (nSPS) is 14.2. The average molecular weight is 311 g/mol. The van der Waals surface area contributed by atoms with Gasteiger partial charge in [-0.15, -0.1) is 0 Å². The Morgan fingerprint density at radius 3 is 2.87 bits per heavy atom. The summed E-state index contributed by atoms with van der Waals surface area (Å²) < 4.78 is 20.4. The number of fused-ring (bicyclic) bond motifs is 1. The quantitative estimate of drug-likeness (QED) is 0.696. The van der Waals surface area contributed by atoms with Crippen LogP contribution in [0.2, 0.25) is 0 Å². The summed E-state index contributed by atoms with van der Waals surface area (Å²) in [5.74, 6) is -0.0295. The predicted molar refractivity (Wildman–Crippen MR) is 82.5 cm³/mol. The van der Waals surface area contributed by atoms with E-state index in [2.05, 4.69) is 9.97 Å². The maximum atomic E-state index is 13.6. The molecule has 1 aliphatic rings. The van der Waals surface area contributed by atoms with Crippen LogP contribution in [0.5, 0.6) is 0 Å². The second-order valence-corrected chi connectivity index (χ2v) is 5.62. The SMILES string of the molecule is COC(=O)c1cncc(-c2nc3ccc(F)cc3n2C2CC2)c1. The molecule has 0 amide bonds. The Balaban J connectivity index is 1.92. The van der Waals surface area contributed by atoms with Crippen molar-refractivity contribution < 1.29 is 13.9 Å². The Morgan fingerprint density at radius 1 is 1.30 bits per heavy atom. The van der Waals surface area contributed by atoms with Crippen LogP contribution in [0.25, 0.3) is 22.4 Å². The van der Waals surface area contributed by atoms with E-state index in [4.69, 9.17) is 4.74 Å². The summed E-state index contributed by atoms with van der Waals surface area (Å²) in [7, 11) is 1.33. The molecule has 1 aliphatic carbocycles. The van der Waals surface area contributed by atoms with Crippen LogP contribution in [-0.4, -0.2) is 27.6 Å². The van der Waals surface area contributed by atoms with E-state index >= 15 is 0 Å². The first-order chi connectivity index (χ1) is 11.2. The van der Waals surface area contributed by atoms with Crippen LogP contribution in [0.4, 0.5) is 4.39 Å². The van der Waals surface area contributed by atoms with Gasteiger partial charge in [-0.2, -0.15) is 0 Å². The molecule has 0 spiro atoms. The van der Waals surface area contributed by atoms with Gasteiger partial charge in [-0.25, -0.2) is 14.2 Å². The number of benzene rings is 1. The molecule has 23 heavy (non-hydrogen) atoms. The Morgan fingerprint density at radius 2 is 2.13 bits per heavy atom. The largest absolute Gasteiger partial charge is 0.465 e. The van der Waals surface area contributed by atoms with Gasteiger partial charge in [0.15, 0.2) is 0 Å². The first-order valence-corrected chi connectivity index (χ1v) is 7.38. The Hall–Kier alpha value is -2.76. The average Bonchev–Trinajstić information content (AvgIpc) is 3.34. The fourth-order valence-corrected chi connectivity index (χ4v) is 2.76. The molecule has 4 rings (SSSR count). The molecule has 0 unspecified atom stereocenters. The molecule has 116 valence electrons. The van der Waals surface area contributed by atoms with E-state index in [0.29, 0.717) is 17.4 Å². The van der Waals surface area contributed by atoms with E-state index < -0.39 is 5.97 Å². The highest BCUT2D eigenvalue weighted by molar-refractivity contribution is 5.90. The minimum absolute atomic E-state index is 0.285. The van der Waals surface area contributed by atoms with Crippen molar-refractivity contribution in [1.29, 1.82) is 0 Å². The summed E-state index contributed by atoms with van der Waals surface area (Å²) in [6.07, 6.45) is 5.19. The van der Waals surface area contributed by atoms with Crippen LogP contribution >= 0.6 is 0 Å². The van der Waals surface area contributed by atoms with Gasteiger partial charge in [0.2, 0.25) is 0 Å². The third-order valence-corrected chi connectivity index (χ3v) is 3.98. The number of methoxy groups -OCH3 is 1. The fraction of sp³-hybridized carbons (Fsp3) is 0.235. The molecule has 6 heteroatoms. The molecule has 1 saturated carbocycles. The molecule has 3 aromatic rings. The lowest BCUT2D eigenvalue weighted by Gasteiger charge is -2.08. The van der Waals surface area contributed by atoms with E-state index in [0.717, 1.165) is 29.4 Å². The summed E-state index contributed by atoms with van der Waals surface area (Å²) in [6, 6.07) is 6.60. The summed E-state index contributed by atoms with van der Waals surface area (Å²) in [5, 5.41) is 0. The van der Waals surface area contributed by atoms with Gasteiger partial charge in [-0.3, -0.25) is 4.98 Å². The van der Waals surface area contributed by atoms with Crippen molar-refractivity contribution in [3.63, 3.8) is 0 Å². The number of ether oxygens (including phenoxy) is 1. The van der Waals surface area contributed by atoms with Crippen LogP contribution in [0.15, 0.2) is 36.7 Å². The van der Waals surface area contributed by atoms with Crippen LogP contribution in [0.3, 0.4) is 0 Å². The lowest BCUT2D eigenvalue weighted by molar-refractivity contribution is 0.0600. The van der Waals surface area contributed by atoms with Gasteiger partial charge in [0.25, 0.3) is 0 Å². The topological polar surface area (TPSA) is 57.0 Å². The minimum atomic E-state index is -0.445. The van der Waals surface area contributed by atoms with E-state index in [1.807, 2.05) is 4.57 Å². The zero-order chi connectivity index (χ0) is 16.0. The number of rotatable bonds is 3. The highest BCUT2D eigenvalue weighted by atomic mass is 19.1. The molecule has 0 radical (unpaired) electrons. The summed E-state index contributed by atoms with van der Waals surface area (Å²) in [5.41, 5.74) is 2.59. The van der Waals surface area contributed by atoms with Gasteiger partial charge < -0.3 is 9.30 Å². The smallest absolute Gasteiger partial charge is 0.339 e. The maximum absolute atomic E-state index is 13.6. The number of nitrogens with zero attached hydrogens (tertiary/aromatic N) is 3. The van der Waals surface area contributed by atoms with Crippen molar-refractivity contribution >= 4 is 17.0 Å². The summed E-state index contributed by atoms with van der Waals surface area (Å²) >= 11 is 0. The van der Waals surface area contributed by atoms with Gasteiger partial charge in [-0.1, -0.05) is 0 Å². The molecular formula is C17H14FN3O2. The van der Waals surface area contributed by atoms with Gasteiger partial charge in [0.05, 0.1) is 23.7 Å². The van der Waals surface area contributed by atoms with E-state index in [1.54, 1.807) is 18.3 Å². The molecule has 2 heterocycles. The standard InChI is InChI=1S/C17H14FN3O2/c1-23-17(22)11-6-10(8-19-9-11)16-20-14-5-2-12(18)7-15(14)21(16)13-3-4-13/h2,5-9,13H,3-4H2,1H3. The Labute approximate surface area is 131 Å². The molecule has 1 aromatic carbocycles. The number of esters is 1. The van der Waals surface area contributed by atoms with Crippen molar-refractivity contribution in [2.45, 2.75) is 18.9 Å². The predicted octanol–water partition coefficient (Wildman–Crippen LogP) is 3.36. The van der Waals surface area contributed by atoms with Crippen molar-refractivity contribution in [3.05, 3.63) is 48.0 Å². The number of pyridine rings is 1. The molecule has 0 saturated heterocycles. The van der Waals surface area contributed by atoms with Gasteiger partial charge in [0.1, 0.15) is 11.6 Å². The zero-order valence-corrected chi connectivity index (χ0v) is 12.5. The number of hydrogen-bond acceptors (Lipinski definition) is 4.